The van der Waals surface area contributed by atoms with Gasteiger partial charge in [0.05, 0.1) is 0 Å². The molecule has 0 aromatic rings. The SMILES string of the molecule is CCCNC(C1=CCCCCCC1)C(C)(C)N(CC)CC. The first-order valence-corrected chi connectivity index (χ1v) is 9.25. The number of nitrogens with zero attached hydrogens (tertiary/aromatic N) is 1. The van der Waals surface area contributed by atoms with Gasteiger partial charge >= 0.3 is 0 Å². The number of allylic oxidation sites excluding steroid dienone is 1. The van der Waals surface area contributed by atoms with E-state index in [0.717, 1.165) is 19.6 Å². The topological polar surface area (TPSA) is 15.3 Å². The Labute approximate surface area is 133 Å². The lowest BCUT2D eigenvalue weighted by atomic mass is 9.82. The third kappa shape index (κ3) is 5.41. The molecule has 1 aliphatic rings. The zero-order valence-electron chi connectivity index (χ0n) is 15.2. The van der Waals surface area contributed by atoms with E-state index in [-0.39, 0.29) is 5.54 Å². The summed E-state index contributed by atoms with van der Waals surface area (Å²) in [5, 5.41) is 3.87. The minimum absolute atomic E-state index is 0.184. The molecule has 0 bridgehead atoms. The van der Waals surface area contributed by atoms with E-state index in [9.17, 15) is 0 Å². The average molecular weight is 295 g/mol. The second-order valence-electron chi connectivity index (χ2n) is 6.95. The average Bonchev–Trinajstić information content (AvgIpc) is 2.41. The zero-order chi connectivity index (χ0) is 15.7. The van der Waals surface area contributed by atoms with Crippen molar-refractivity contribution in [1.82, 2.24) is 10.2 Å². The van der Waals surface area contributed by atoms with Gasteiger partial charge in [-0.2, -0.15) is 0 Å². The molecule has 0 aromatic carbocycles. The summed E-state index contributed by atoms with van der Waals surface area (Å²) in [5.41, 5.74) is 1.85. The maximum Gasteiger partial charge on any atom is 0.0461 e. The van der Waals surface area contributed by atoms with Crippen LogP contribution in [-0.2, 0) is 0 Å². The van der Waals surface area contributed by atoms with Crippen molar-refractivity contribution < 1.29 is 0 Å². The first kappa shape index (κ1) is 18.7. The summed E-state index contributed by atoms with van der Waals surface area (Å²) in [7, 11) is 0. The molecule has 0 saturated carbocycles. The van der Waals surface area contributed by atoms with Crippen LogP contribution < -0.4 is 5.32 Å². The van der Waals surface area contributed by atoms with E-state index in [2.05, 4.69) is 50.9 Å². The van der Waals surface area contributed by atoms with Crippen molar-refractivity contribution in [2.45, 2.75) is 91.1 Å². The molecule has 0 fully saturated rings. The van der Waals surface area contributed by atoms with E-state index in [1.165, 1.54) is 44.9 Å². The fourth-order valence-electron chi connectivity index (χ4n) is 3.82. The molecular weight excluding hydrogens is 256 g/mol. The van der Waals surface area contributed by atoms with Crippen LogP contribution in [-0.4, -0.2) is 36.1 Å². The van der Waals surface area contributed by atoms with Gasteiger partial charge in [-0.15, -0.1) is 0 Å². The van der Waals surface area contributed by atoms with E-state index < -0.39 is 0 Å². The van der Waals surface area contributed by atoms with E-state index >= 15 is 0 Å². The van der Waals surface area contributed by atoms with Gasteiger partial charge in [0.2, 0.25) is 0 Å². The highest BCUT2D eigenvalue weighted by Gasteiger charge is 2.35. The highest BCUT2D eigenvalue weighted by molar-refractivity contribution is 5.18. The minimum atomic E-state index is 0.184. The lowest BCUT2D eigenvalue weighted by Gasteiger charge is -2.45. The van der Waals surface area contributed by atoms with E-state index in [1.807, 2.05) is 0 Å². The van der Waals surface area contributed by atoms with Crippen molar-refractivity contribution >= 4 is 0 Å². The minimum Gasteiger partial charge on any atom is -0.309 e. The molecule has 0 spiro atoms. The molecule has 0 amide bonds. The van der Waals surface area contributed by atoms with E-state index in [4.69, 9.17) is 0 Å². The largest absolute Gasteiger partial charge is 0.309 e. The van der Waals surface area contributed by atoms with Crippen LogP contribution in [0.1, 0.15) is 79.6 Å². The Morgan fingerprint density at radius 3 is 2.38 bits per heavy atom. The first-order valence-electron chi connectivity index (χ1n) is 9.25. The maximum absolute atomic E-state index is 3.87. The van der Waals surface area contributed by atoms with Gasteiger partial charge in [-0.25, -0.2) is 0 Å². The van der Waals surface area contributed by atoms with Gasteiger partial charge in [0, 0.05) is 11.6 Å². The molecule has 2 nitrogen and oxygen atoms in total. The summed E-state index contributed by atoms with van der Waals surface area (Å²) < 4.78 is 0. The molecule has 0 aliphatic heterocycles. The van der Waals surface area contributed by atoms with Crippen molar-refractivity contribution in [2.75, 3.05) is 19.6 Å². The summed E-state index contributed by atoms with van der Waals surface area (Å²) in [6.45, 7) is 15.1. The number of likely N-dealkylation sites (N-methyl/N-ethyl adjacent to an activating group) is 1. The number of rotatable bonds is 8. The highest BCUT2D eigenvalue weighted by atomic mass is 15.2. The summed E-state index contributed by atoms with van der Waals surface area (Å²) in [6.07, 6.45) is 11.9. The predicted molar refractivity (Wildman–Crippen MR) is 94.9 cm³/mol. The molecular formula is C19H38N2. The van der Waals surface area contributed by atoms with Crippen LogP contribution in [0.4, 0.5) is 0 Å². The normalized spacial score (nSPS) is 19.0. The predicted octanol–water partition coefficient (Wildman–Crippen LogP) is 4.76. The van der Waals surface area contributed by atoms with Crippen LogP contribution in [0.25, 0.3) is 0 Å². The van der Waals surface area contributed by atoms with Crippen molar-refractivity contribution in [3.63, 3.8) is 0 Å². The Hall–Kier alpha value is -0.340. The van der Waals surface area contributed by atoms with Gasteiger partial charge in [0.15, 0.2) is 0 Å². The van der Waals surface area contributed by atoms with Crippen LogP contribution in [0.5, 0.6) is 0 Å². The molecule has 21 heavy (non-hydrogen) atoms. The standard InChI is InChI=1S/C19H38N2/c1-6-16-20-18(19(4,5)21(7-2)8-3)17-14-12-10-9-11-13-15-17/h14,18,20H,6-13,15-16H2,1-5H3. The first-order chi connectivity index (χ1) is 10.1. The molecule has 0 heterocycles. The molecule has 0 radical (unpaired) electrons. The van der Waals surface area contributed by atoms with Gasteiger partial charge < -0.3 is 5.32 Å². The molecule has 1 N–H and O–H groups in total. The van der Waals surface area contributed by atoms with Crippen LogP contribution in [0.3, 0.4) is 0 Å². The van der Waals surface area contributed by atoms with Crippen LogP contribution in [0.15, 0.2) is 11.6 Å². The van der Waals surface area contributed by atoms with Crippen molar-refractivity contribution in [2.24, 2.45) is 0 Å². The number of hydrogen-bond acceptors (Lipinski definition) is 2. The van der Waals surface area contributed by atoms with Crippen molar-refractivity contribution in [1.29, 1.82) is 0 Å². The molecule has 1 unspecified atom stereocenters. The number of hydrogen-bond donors (Lipinski definition) is 1. The van der Waals surface area contributed by atoms with Gasteiger partial charge in [0.1, 0.15) is 0 Å². The fraction of sp³-hybridized carbons (Fsp3) is 0.895. The zero-order valence-corrected chi connectivity index (χ0v) is 15.2. The second kappa shape index (κ2) is 9.63. The summed E-state index contributed by atoms with van der Waals surface area (Å²) >= 11 is 0. The second-order valence-corrected chi connectivity index (χ2v) is 6.95. The quantitative estimate of drug-likeness (QED) is 0.650. The lowest BCUT2D eigenvalue weighted by Crippen LogP contribution is -2.58. The molecule has 0 saturated heterocycles. The molecule has 0 aromatic heterocycles. The third-order valence-corrected chi connectivity index (χ3v) is 5.08. The van der Waals surface area contributed by atoms with Crippen LogP contribution >= 0.6 is 0 Å². The highest BCUT2D eigenvalue weighted by Crippen LogP contribution is 2.29. The maximum atomic E-state index is 3.87. The molecule has 1 rings (SSSR count). The Balaban J connectivity index is 2.96. The van der Waals surface area contributed by atoms with E-state index in [0.29, 0.717) is 6.04 Å². The Morgan fingerprint density at radius 2 is 1.76 bits per heavy atom. The smallest absolute Gasteiger partial charge is 0.0461 e. The van der Waals surface area contributed by atoms with Crippen LogP contribution in [0, 0.1) is 0 Å². The Kier molecular flexibility index (Phi) is 8.58. The monoisotopic (exact) mass is 294 g/mol. The fourth-order valence-corrected chi connectivity index (χ4v) is 3.82. The lowest BCUT2D eigenvalue weighted by molar-refractivity contribution is 0.103. The molecule has 1 atom stereocenters. The third-order valence-electron chi connectivity index (χ3n) is 5.08. The summed E-state index contributed by atoms with van der Waals surface area (Å²) in [5.74, 6) is 0. The van der Waals surface area contributed by atoms with Gasteiger partial charge in [-0.3, -0.25) is 4.90 Å². The Bertz CT molecular complexity index is 303. The van der Waals surface area contributed by atoms with Gasteiger partial charge in [-0.05, 0) is 65.6 Å². The van der Waals surface area contributed by atoms with Crippen LogP contribution in [0.2, 0.25) is 0 Å². The molecule has 2 heteroatoms. The van der Waals surface area contributed by atoms with Gasteiger partial charge in [-0.1, -0.05) is 45.3 Å². The van der Waals surface area contributed by atoms with Crippen molar-refractivity contribution in [3.8, 4) is 0 Å². The Morgan fingerprint density at radius 1 is 1.10 bits per heavy atom. The summed E-state index contributed by atoms with van der Waals surface area (Å²) in [6, 6.07) is 0.496. The van der Waals surface area contributed by atoms with E-state index in [1.54, 1.807) is 5.57 Å². The summed E-state index contributed by atoms with van der Waals surface area (Å²) in [4.78, 5) is 2.61. The molecule has 1 aliphatic carbocycles. The molecule has 124 valence electrons. The van der Waals surface area contributed by atoms with Crippen molar-refractivity contribution in [3.05, 3.63) is 11.6 Å². The van der Waals surface area contributed by atoms with Gasteiger partial charge in [0.25, 0.3) is 0 Å². The number of nitrogens with one attached hydrogen (secondary N) is 1.